The van der Waals surface area contributed by atoms with Crippen molar-refractivity contribution in [2.75, 3.05) is 17.7 Å². The molecule has 0 saturated heterocycles. The van der Waals surface area contributed by atoms with Gasteiger partial charge in [-0.05, 0) is 18.6 Å². The first kappa shape index (κ1) is 22.9. The number of hydrogen-bond acceptors (Lipinski definition) is 7. The molecule has 0 amide bonds. The molecular weight excluding hydrogens is 438 g/mol. The van der Waals surface area contributed by atoms with E-state index in [0.717, 1.165) is 16.6 Å². The number of ether oxygens (including phenoxy) is 1. The van der Waals surface area contributed by atoms with Gasteiger partial charge in [0.2, 0.25) is 10.0 Å². The molecule has 0 fully saturated rings. The van der Waals surface area contributed by atoms with Crippen molar-refractivity contribution in [2.24, 2.45) is 0 Å². The summed E-state index contributed by atoms with van der Waals surface area (Å²) < 4.78 is 32.3. The standard InChI is InChI=1S/C21H21N3O7S/c1-4-18(23(32(3,29)30)14-8-7-9-15(12-14)24(27)28)20(25)22-13-17(21(26)31-2)16-10-5-6-11-19(16)22/h5-13,18H,4H2,1-3H3/t18-/m0/s1. The number of fused-ring (bicyclic) bond motifs is 1. The number of nitro groups is 1. The summed E-state index contributed by atoms with van der Waals surface area (Å²) in [5.41, 5.74) is 0.251. The quantitative estimate of drug-likeness (QED) is 0.301. The number of aromatic nitrogens is 1. The molecule has 0 aliphatic heterocycles. The summed E-state index contributed by atoms with van der Waals surface area (Å²) in [6.07, 6.45) is 2.32. The van der Waals surface area contributed by atoms with Crippen molar-refractivity contribution in [1.82, 2.24) is 4.57 Å². The predicted octanol–water partition coefficient (Wildman–Crippen LogP) is 3.22. The van der Waals surface area contributed by atoms with Gasteiger partial charge in [0.15, 0.2) is 0 Å². The summed E-state index contributed by atoms with van der Waals surface area (Å²) in [6, 6.07) is 10.5. The fourth-order valence-electron chi connectivity index (χ4n) is 3.58. The topological polar surface area (TPSA) is 129 Å². The Morgan fingerprint density at radius 2 is 1.88 bits per heavy atom. The van der Waals surface area contributed by atoms with Gasteiger partial charge in [0.05, 0.1) is 35.1 Å². The van der Waals surface area contributed by atoms with Gasteiger partial charge in [-0.25, -0.2) is 13.2 Å². The SMILES string of the molecule is CC[C@@H](C(=O)n1cc(C(=O)OC)c2ccccc21)N(c1cccc([N+](=O)[O-])c1)S(C)(=O)=O. The maximum atomic E-state index is 13.6. The average Bonchev–Trinajstić information content (AvgIpc) is 3.15. The molecule has 0 aliphatic carbocycles. The molecule has 1 atom stereocenters. The zero-order chi connectivity index (χ0) is 23.6. The lowest BCUT2D eigenvalue weighted by Gasteiger charge is -2.30. The van der Waals surface area contributed by atoms with Crippen molar-refractivity contribution >= 4 is 44.2 Å². The minimum Gasteiger partial charge on any atom is -0.465 e. The highest BCUT2D eigenvalue weighted by Gasteiger charge is 2.34. The zero-order valence-electron chi connectivity index (χ0n) is 17.6. The molecular formula is C21H21N3O7S. The number of methoxy groups -OCH3 is 1. The second kappa shape index (κ2) is 8.79. The molecule has 0 spiro atoms. The van der Waals surface area contributed by atoms with Crippen LogP contribution in [0.1, 0.15) is 28.5 Å². The van der Waals surface area contributed by atoms with Crippen molar-refractivity contribution in [3.8, 4) is 0 Å². The van der Waals surface area contributed by atoms with Crippen LogP contribution in [0.2, 0.25) is 0 Å². The Balaban J connectivity index is 2.18. The van der Waals surface area contributed by atoms with Crippen LogP contribution >= 0.6 is 0 Å². The van der Waals surface area contributed by atoms with Gasteiger partial charge in [-0.15, -0.1) is 0 Å². The Hall–Kier alpha value is -3.73. The van der Waals surface area contributed by atoms with Crippen molar-refractivity contribution in [3.63, 3.8) is 0 Å². The molecule has 0 saturated carbocycles. The van der Waals surface area contributed by atoms with E-state index in [1.54, 1.807) is 31.2 Å². The Labute approximate surface area is 184 Å². The number of nitro benzene ring substituents is 1. The summed E-state index contributed by atoms with van der Waals surface area (Å²) in [6.45, 7) is 1.63. The molecule has 0 bridgehead atoms. The van der Waals surface area contributed by atoms with Crippen LogP contribution in [0.3, 0.4) is 0 Å². The normalized spacial score (nSPS) is 12.3. The first-order chi connectivity index (χ1) is 15.1. The van der Waals surface area contributed by atoms with Crippen LogP contribution in [0.4, 0.5) is 11.4 Å². The zero-order valence-corrected chi connectivity index (χ0v) is 18.4. The van der Waals surface area contributed by atoms with E-state index in [9.17, 15) is 28.1 Å². The maximum Gasteiger partial charge on any atom is 0.340 e. The molecule has 3 rings (SSSR count). The number of para-hydroxylation sites is 1. The van der Waals surface area contributed by atoms with Gasteiger partial charge in [-0.2, -0.15) is 0 Å². The summed E-state index contributed by atoms with van der Waals surface area (Å²) in [4.78, 5) is 36.3. The number of benzene rings is 2. The number of esters is 1. The fraction of sp³-hybridized carbons (Fsp3) is 0.238. The second-order valence-corrected chi connectivity index (χ2v) is 8.88. The summed E-state index contributed by atoms with van der Waals surface area (Å²) >= 11 is 0. The third-order valence-electron chi connectivity index (χ3n) is 4.96. The monoisotopic (exact) mass is 459 g/mol. The number of carbonyl (C=O) groups is 2. The van der Waals surface area contributed by atoms with E-state index in [0.29, 0.717) is 10.9 Å². The third-order valence-corrected chi connectivity index (χ3v) is 6.14. The molecule has 3 aromatic rings. The molecule has 1 aromatic heterocycles. The molecule has 2 aromatic carbocycles. The minimum absolute atomic E-state index is 0.00782. The van der Waals surface area contributed by atoms with E-state index in [1.807, 2.05) is 0 Å². The highest BCUT2D eigenvalue weighted by Crippen LogP contribution is 2.29. The Kier molecular flexibility index (Phi) is 6.30. The Bertz CT molecular complexity index is 1310. The average molecular weight is 459 g/mol. The number of nitrogens with zero attached hydrogens (tertiary/aromatic N) is 3. The van der Waals surface area contributed by atoms with E-state index < -0.39 is 32.9 Å². The largest absolute Gasteiger partial charge is 0.465 e. The predicted molar refractivity (Wildman–Crippen MR) is 118 cm³/mol. The van der Waals surface area contributed by atoms with E-state index in [2.05, 4.69) is 0 Å². The molecule has 0 N–H and O–H groups in total. The Morgan fingerprint density at radius 1 is 1.19 bits per heavy atom. The van der Waals surface area contributed by atoms with Gasteiger partial charge in [0, 0.05) is 23.7 Å². The number of carbonyl (C=O) groups excluding carboxylic acids is 2. The molecule has 11 heteroatoms. The van der Waals surface area contributed by atoms with E-state index in [4.69, 9.17) is 4.74 Å². The van der Waals surface area contributed by atoms with Crippen molar-refractivity contribution in [2.45, 2.75) is 19.4 Å². The van der Waals surface area contributed by atoms with Crippen LogP contribution in [0.5, 0.6) is 0 Å². The highest BCUT2D eigenvalue weighted by molar-refractivity contribution is 7.92. The van der Waals surface area contributed by atoms with Gasteiger partial charge in [-0.1, -0.05) is 31.2 Å². The van der Waals surface area contributed by atoms with Gasteiger partial charge in [0.1, 0.15) is 6.04 Å². The number of hydrogen-bond donors (Lipinski definition) is 0. The van der Waals surface area contributed by atoms with Crippen LogP contribution in [-0.4, -0.2) is 49.2 Å². The first-order valence-electron chi connectivity index (χ1n) is 9.56. The molecule has 32 heavy (non-hydrogen) atoms. The number of non-ortho nitro benzene ring substituents is 1. The maximum absolute atomic E-state index is 13.6. The minimum atomic E-state index is -4.01. The fourth-order valence-corrected chi connectivity index (χ4v) is 4.78. The lowest BCUT2D eigenvalue weighted by molar-refractivity contribution is -0.384. The molecule has 1 heterocycles. The number of anilines is 1. The van der Waals surface area contributed by atoms with Crippen LogP contribution in [-0.2, 0) is 14.8 Å². The van der Waals surface area contributed by atoms with Crippen LogP contribution < -0.4 is 4.31 Å². The van der Waals surface area contributed by atoms with Crippen molar-refractivity contribution in [1.29, 1.82) is 0 Å². The highest BCUT2D eigenvalue weighted by atomic mass is 32.2. The summed E-state index contributed by atoms with van der Waals surface area (Å²) in [7, 11) is -2.79. The first-order valence-corrected chi connectivity index (χ1v) is 11.4. The number of sulfonamides is 1. The molecule has 168 valence electrons. The summed E-state index contributed by atoms with van der Waals surface area (Å²) in [5, 5.41) is 11.7. The van der Waals surface area contributed by atoms with Crippen molar-refractivity contribution in [3.05, 3.63) is 70.4 Å². The van der Waals surface area contributed by atoms with E-state index in [1.165, 1.54) is 36.1 Å². The van der Waals surface area contributed by atoms with Crippen LogP contribution in [0.15, 0.2) is 54.7 Å². The van der Waals surface area contributed by atoms with Gasteiger partial charge >= 0.3 is 5.97 Å². The van der Waals surface area contributed by atoms with Gasteiger partial charge < -0.3 is 4.74 Å². The Morgan fingerprint density at radius 3 is 2.47 bits per heavy atom. The lowest BCUT2D eigenvalue weighted by atomic mass is 10.1. The number of rotatable bonds is 7. The second-order valence-electron chi connectivity index (χ2n) is 7.02. The third kappa shape index (κ3) is 4.19. The van der Waals surface area contributed by atoms with Crippen LogP contribution in [0, 0.1) is 10.1 Å². The van der Waals surface area contributed by atoms with Crippen molar-refractivity contribution < 1.29 is 27.7 Å². The molecule has 0 unspecified atom stereocenters. The molecule has 0 radical (unpaired) electrons. The van der Waals surface area contributed by atoms with Gasteiger partial charge in [-0.3, -0.25) is 23.8 Å². The summed E-state index contributed by atoms with van der Waals surface area (Å²) in [5.74, 6) is -1.25. The van der Waals surface area contributed by atoms with Crippen LogP contribution in [0.25, 0.3) is 10.9 Å². The van der Waals surface area contributed by atoms with Gasteiger partial charge in [0.25, 0.3) is 11.6 Å². The molecule has 10 nitrogen and oxygen atoms in total. The molecule has 0 aliphatic rings. The smallest absolute Gasteiger partial charge is 0.340 e. The van der Waals surface area contributed by atoms with E-state index in [-0.39, 0.29) is 23.4 Å². The lowest BCUT2D eigenvalue weighted by Crippen LogP contribution is -2.46. The van der Waals surface area contributed by atoms with E-state index >= 15 is 0 Å².